The zero-order valence-corrected chi connectivity index (χ0v) is 14.6. The van der Waals surface area contributed by atoms with E-state index in [0.29, 0.717) is 5.92 Å². The Morgan fingerprint density at radius 3 is 2.68 bits per heavy atom. The quantitative estimate of drug-likeness (QED) is 0.822. The second-order valence-electron chi connectivity index (χ2n) is 5.54. The average Bonchev–Trinajstić information content (AvgIpc) is 2.45. The van der Waals surface area contributed by atoms with Gasteiger partial charge in [0.25, 0.3) is 5.91 Å². The van der Waals surface area contributed by atoms with Crippen LogP contribution in [0.2, 0.25) is 0 Å². The zero-order chi connectivity index (χ0) is 16.1. The van der Waals surface area contributed by atoms with Crippen LogP contribution < -0.4 is 10.1 Å². The minimum Gasteiger partial charge on any atom is -0.483 e. The predicted molar refractivity (Wildman–Crippen MR) is 93.5 cm³/mol. The van der Waals surface area contributed by atoms with E-state index in [0.717, 1.165) is 27.0 Å². The third kappa shape index (κ3) is 4.60. The number of rotatable bonds is 5. The molecule has 1 N–H and O–H groups in total. The number of aryl methyl sites for hydroxylation is 1. The molecule has 0 heterocycles. The van der Waals surface area contributed by atoms with Crippen LogP contribution in [0.3, 0.4) is 0 Å². The lowest BCUT2D eigenvalue weighted by Gasteiger charge is -2.14. The first kappa shape index (κ1) is 16.6. The molecule has 0 fully saturated rings. The smallest absolute Gasteiger partial charge is 0.262 e. The van der Waals surface area contributed by atoms with E-state index in [1.165, 1.54) is 0 Å². The van der Waals surface area contributed by atoms with E-state index >= 15 is 0 Å². The lowest BCUT2D eigenvalue weighted by atomic mass is 10.0. The number of carbonyl (C=O) groups excluding carboxylic acids is 1. The first-order valence-corrected chi connectivity index (χ1v) is 8.04. The Bertz CT molecular complexity index is 668. The summed E-state index contributed by atoms with van der Waals surface area (Å²) in [5.41, 5.74) is 2.97. The van der Waals surface area contributed by atoms with Gasteiger partial charge < -0.3 is 10.1 Å². The maximum Gasteiger partial charge on any atom is 0.262 e. The first-order chi connectivity index (χ1) is 10.5. The first-order valence-electron chi connectivity index (χ1n) is 7.24. The molecule has 3 nitrogen and oxygen atoms in total. The fourth-order valence-electron chi connectivity index (χ4n) is 2.17. The van der Waals surface area contributed by atoms with E-state index in [4.69, 9.17) is 4.74 Å². The molecule has 0 saturated carbocycles. The molecule has 0 bridgehead atoms. The van der Waals surface area contributed by atoms with E-state index in [1.807, 2.05) is 49.4 Å². The van der Waals surface area contributed by atoms with E-state index in [1.54, 1.807) is 0 Å². The summed E-state index contributed by atoms with van der Waals surface area (Å²) < 4.78 is 6.69. The highest BCUT2D eigenvalue weighted by Gasteiger charge is 2.10. The number of hydrogen-bond acceptors (Lipinski definition) is 2. The molecule has 0 spiro atoms. The van der Waals surface area contributed by atoms with Gasteiger partial charge in [0.15, 0.2) is 6.61 Å². The number of nitrogens with one attached hydrogen (secondary N) is 1. The van der Waals surface area contributed by atoms with Crippen LogP contribution in [0.4, 0.5) is 5.69 Å². The van der Waals surface area contributed by atoms with Crippen LogP contribution in [-0.4, -0.2) is 12.5 Å². The summed E-state index contributed by atoms with van der Waals surface area (Å²) >= 11 is 3.46. The summed E-state index contributed by atoms with van der Waals surface area (Å²) in [5, 5.41) is 2.84. The Morgan fingerprint density at radius 2 is 2.00 bits per heavy atom. The van der Waals surface area contributed by atoms with E-state index in [-0.39, 0.29) is 12.5 Å². The largest absolute Gasteiger partial charge is 0.483 e. The van der Waals surface area contributed by atoms with E-state index in [9.17, 15) is 4.79 Å². The Kier molecular flexibility index (Phi) is 5.61. The third-order valence-electron chi connectivity index (χ3n) is 3.25. The predicted octanol–water partition coefficient (Wildman–Crippen LogP) is 4.90. The van der Waals surface area contributed by atoms with Gasteiger partial charge in [-0.2, -0.15) is 0 Å². The second-order valence-corrected chi connectivity index (χ2v) is 6.46. The highest BCUT2D eigenvalue weighted by Crippen LogP contribution is 2.29. The topological polar surface area (TPSA) is 38.3 Å². The van der Waals surface area contributed by atoms with Crippen molar-refractivity contribution in [3.8, 4) is 5.75 Å². The molecule has 0 aliphatic rings. The number of benzene rings is 2. The number of ether oxygens (including phenoxy) is 1. The van der Waals surface area contributed by atoms with Crippen molar-refractivity contribution in [1.82, 2.24) is 0 Å². The summed E-state index contributed by atoms with van der Waals surface area (Å²) in [4.78, 5) is 12.0. The van der Waals surface area contributed by atoms with Gasteiger partial charge in [-0.3, -0.25) is 4.79 Å². The van der Waals surface area contributed by atoms with Crippen LogP contribution >= 0.6 is 15.9 Å². The molecule has 0 aliphatic carbocycles. The summed E-state index contributed by atoms with van der Waals surface area (Å²) in [5.74, 6) is 0.910. The monoisotopic (exact) mass is 361 g/mol. The molecule has 2 aromatic carbocycles. The van der Waals surface area contributed by atoms with Gasteiger partial charge in [0.05, 0.1) is 0 Å². The number of hydrogen-bond donors (Lipinski definition) is 1. The fraction of sp³-hybridized carbons (Fsp3) is 0.278. The number of halogens is 1. The Morgan fingerprint density at radius 1 is 1.23 bits per heavy atom. The van der Waals surface area contributed by atoms with Crippen molar-refractivity contribution >= 4 is 27.5 Å². The van der Waals surface area contributed by atoms with E-state index < -0.39 is 0 Å². The van der Waals surface area contributed by atoms with Crippen molar-refractivity contribution in [3.05, 3.63) is 58.1 Å². The molecular weight excluding hydrogens is 342 g/mol. The molecule has 2 aromatic rings. The lowest BCUT2D eigenvalue weighted by Crippen LogP contribution is -2.20. The van der Waals surface area contributed by atoms with Gasteiger partial charge in [0.1, 0.15) is 5.75 Å². The lowest BCUT2D eigenvalue weighted by molar-refractivity contribution is -0.118. The van der Waals surface area contributed by atoms with Gasteiger partial charge in [0.2, 0.25) is 0 Å². The highest BCUT2D eigenvalue weighted by molar-refractivity contribution is 9.10. The van der Waals surface area contributed by atoms with Gasteiger partial charge in [0, 0.05) is 10.2 Å². The molecule has 0 saturated heterocycles. The molecule has 0 atom stereocenters. The SMILES string of the molecule is Cc1cccc(NC(=O)COc2ccc(Br)cc2C(C)C)c1. The Balaban J connectivity index is 1.99. The maximum atomic E-state index is 12.0. The van der Waals surface area contributed by atoms with Crippen LogP contribution in [0.15, 0.2) is 46.9 Å². The molecule has 0 aliphatic heterocycles. The van der Waals surface area contributed by atoms with Gasteiger partial charge in [-0.05, 0) is 54.3 Å². The van der Waals surface area contributed by atoms with Crippen molar-refractivity contribution in [3.63, 3.8) is 0 Å². The number of amides is 1. The second kappa shape index (κ2) is 7.45. The van der Waals surface area contributed by atoms with Crippen LogP contribution in [0.5, 0.6) is 5.75 Å². The summed E-state index contributed by atoms with van der Waals surface area (Å²) in [6.45, 7) is 6.18. The minimum absolute atomic E-state index is 0.00467. The Hall–Kier alpha value is -1.81. The zero-order valence-electron chi connectivity index (χ0n) is 13.0. The van der Waals surface area contributed by atoms with Crippen LogP contribution in [0, 0.1) is 6.92 Å². The number of carbonyl (C=O) groups is 1. The fourth-order valence-corrected chi connectivity index (χ4v) is 2.54. The van der Waals surface area contributed by atoms with Crippen molar-refractivity contribution in [2.45, 2.75) is 26.7 Å². The van der Waals surface area contributed by atoms with Crippen molar-refractivity contribution < 1.29 is 9.53 Å². The van der Waals surface area contributed by atoms with Crippen LogP contribution in [-0.2, 0) is 4.79 Å². The minimum atomic E-state index is -0.164. The normalized spacial score (nSPS) is 10.6. The highest BCUT2D eigenvalue weighted by atomic mass is 79.9. The third-order valence-corrected chi connectivity index (χ3v) is 3.75. The molecule has 116 valence electrons. The molecule has 2 rings (SSSR count). The summed E-state index contributed by atoms with van der Waals surface area (Å²) in [7, 11) is 0. The summed E-state index contributed by atoms with van der Waals surface area (Å²) in [6, 6.07) is 13.5. The maximum absolute atomic E-state index is 12.0. The van der Waals surface area contributed by atoms with Gasteiger partial charge >= 0.3 is 0 Å². The van der Waals surface area contributed by atoms with Gasteiger partial charge in [-0.25, -0.2) is 0 Å². The van der Waals surface area contributed by atoms with Gasteiger partial charge in [-0.15, -0.1) is 0 Å². The standard InChI is InChI=1S/C18H20BrNO2/c1-12(2)16-10-14(19)7-8-17(16)22-11-18(21)20-15-6-4-5-13(3)9-15/h4-10,12H,11H2,1-3H3,(H,20,21). The molecule has 4 heteroatoms. The van der Waals surface area contributed by atoms with Crippen molar-refractivity contribution in [1.29, 1.82) is 0 Å². The summed E-state index contributed by atoms with van der Waals surface area (Å²) in [6.07, 6.45) is 0. The van der Waals surface area contributed by atoms with E-state index in [2.05, 4.69) is 35.1 Å². The molecular formula is C18H20BrNO2. The molecule has 0 radical (unpaired) electrons. The molecule has 22 heavy (non-hydrogen) atoms. The van der Waals surface area contributed by atoms with Gasteiger partial charge in [-0.1, -0.05) is 41.9 Å². The molecule has 0 aromatic heterocycles. The van der Waals surface area contributed by atoms with Crippen molar-refractivity contribution in [2.75, 3.05) is 11.9 Å². The van der Waals surface area contributed by atoms with Crippen LogP contribution in [0.1, 0.15) is 30.9 Å². The van der Waals surface area contributed by atoms with Crippen molar-refractivity contribution in [2.24, 2.45) is 0 Å². The molecule has 0 unspecified atom stereocenters. The van der Waals surface area contributed by atoms with Crippen LogP contribution in [0.25, 0.3) is 0 Å². The average molecular weight is 362 g/mol. The molecule has 1 amide bonds. The number of anilines is 1. The Labute approximate surface area is 139 Å².